The lowest BCUT2D eigenvalue weighted by Crippen LogP contribution is -2.49. The first-order chi connectivity index (χ1) is 21.4. The Morgan fingerprint density at radius 1 is 1.04 bits per heavy atom. The number of nitrogens with zero attached hydrogens (tertiary/aromatic N) is 5. The van der Waals surface area contributed by atoms with Crippen molar-refractivity contribution in [3.63, 3.8) is 0 Å². The van der Waals surface area contributed by atoms with E-state index in [2.05, 4.69) is 22.3 Å². The zero-order valence-electron chi connectivity index (χ0n) is 26.9. The van der Waals surface area contributed by atoms with E-state index in [0.717, 1.165) is 23.1 Å². The minimum Gasteiger partial charge on any atom is -0.388 e. The number of fused-ring (bicyclic) bond motifs is 1. The van der Waals surface area contributed by atoms with Gasteiger partial charge in [0.15, 0.2) is 5.52 Å². The maximum absolute atomic E-state index is 13.5. The molecule has 1 aliphatic heterocycles. The molecule has 1 fully saturated rings. The first kappa shape index (κ1) is 32.1. The van der Waals surface area contributed by atoms with Crippen LogP contribution in [0.3, 0.4) is 0 Å². The van der Waals surface area contributed by atoms with Crippen LogP contribution in [0.15, 0.2) is 65.7 Å². The summed E-state index contributed by atoms with van der Waals surface area (Å²) in [7, 11) is 1.78. The molecule has 0 spiro atoms. The number of aromatic nitrogens is 4. The number of benzene rings is 2. The van der Waals surface area contributed by atoms with Crippen LogP contribution in [-0.2, 0) is 29.7 Å². The van der Waals surface area contributed by atoms with Gasteiger partial charge in [-0.25, -0.2) is 4.98 Å². The Balaban J connectivity index is 1.24. The lowest BCUT2D eigenvalue weighted by Gasteiger charge is -2.38. The molecule has 2 aromatic carbocycles. The van der Waals surface area contributed by atoms with Crippen LogP contribution in [0.1, 0.15) is 70.4 Å². The normalized spacial score (nSPS) is 15.6. The highest BCUT2D eigenvalue weighted by atomic mass is 16.3. The van der Waals surface area contributed by atoms with Crippen LogP contribution in [0.25, 0.3) is 22.3 Å². The van der Waals surface area contributed by atoms with Gasteiger partial charge < -0.3 is 15.3 Å². The van der Waals surface area contributed by atoms with E-state index in [-0.39, 0.29) is 35.4 Å². The second-order valence-corrected chi connectivity index (χ2v) is 13.1. The Morgan fingerprint density at radius 3 is 2.36 bits per heavy atom. The molecule has 0 aliphatic carbocycles. The van der Waals surface area contributed by atoms with Crippen molar-refractivity contribution >= 4 is 22.8 Å². The standard InChI is InChI=1S/C35H44N6O4/c1-6-34(3,4)33(44)36-21-25-12-14-27(15-13-25)31-29-30(38-39(31)5)32(43)41(23-37-29)22-35(45)16-18-40(19-17-35)28(42)20-24(2)26-10-8-7-9-11-26/h7-15,23-24,45H,6,16-22H2,1-5H3,(H,36,44). The van der Waals surface area contributed by atoms with Gasteiger partial charge in [0.1, 0.15) is 5.52 Å². The highest BCUT2D eigenvalue weighted by molar-refractivity contribution is 5.89. The van der Waals surface area contributed by atoms with Crippen molar-refractivity contribution in [1.82, 2.24) is 29.5 Å². The fourth-order valence-corrected chi connectivity index (χ4v) is 5.83. The number of likely N-dealkylation sites (tertiary alicyclic amines) is 1. The quantitative estimate of drug-likeness (QED) is 0.274. The Hall–Kier alpha value is -4.31. The van der Waals surface area contributed by atoms with Crippen molar-refractivity contribution in [1.29, 1.82) is 0 Å². The van der Waals surface area contributed by atoms with Gasteiger partial charge >= 0.3 is 0 Å². The molecular weight excluding hydrogens is 568 g/mol. The smallest absolute Gasteiger partial charge is 0.281 e. The Kier molecular flexibility index (Phi) is 9.25. The van der Waals surface area contributed by atoms with Gasteiger partial charge in [-0.1, -0.05) is 82.3 Å². The average Bonchev–Trinajstić information content (AvgIpc) is 3.38. The Bertz CT molecular complexity index is 1720. The molecule has 2 amide bonds. The fourth-order valence-electron chi connectivity index (χ4n) is 5.83. The predicted molar refractivity (Wildman–Crippen MR) is 174 cm³/mol. The van der Waals surface area contributed by atoms with Gasteiger partial charge in [0, 0.05) is 44.1 Å². The number of aryl methyl sites for hydroxylation is 1. The number of piperidine rings is 1. The van der Waals surface area contributed by atoms with Crippen LogP contribution in [-0.4, -0.2) is 59.8 Å². The SMILES string of the molecule is CCC(C)(C)C(=O)NCc1ccc(-c2c3ncn(CC4(O)CCN(C(=O)CC(C)c5ccccc5)CC4)c(=O)c3nn2C)cc1. The second kappa shape index (κ2) is 13.0. The number of carbonyl (C=O) groups excluding carboxylic acids is 2. The van der Waals surface area contributed by atoms with Gasteiger partial charge in [0.25, 0.3) is 5.56 Å². The van der Waals surface area contributed by atoms with Crippen molar-refractivity contribution in [2.24, 2.45) is 12.5 Å². The third kappa shape index (κ3) is 7.01. The molecule has 0 saturated carbocycles. The maximum atomic E-state index is 13.5. The first-order valence-corrected chi connectivity index (χ1v) is 15.8. The number of carbonyl (C=O) groups is 2. The summed E-state index contributed by atoms with van der Waals surface area (Å²) in [6.07, 6.45) is 3.40. The van der Waals surface area contributed by atoms with E-state index in [1.807, 2.05) is 80.3 Å². The van der Waals surface area contributed by atoms with E-state index in [1.54, 1.807) is 11.7 Å². The van der Waals surface area contributed by atoms with E-state index in [0.29, 0.717) is 50.1 Å². The molecule has 0 radical (unpaired) electrons. The third-order valence-corrected chi connectivity index (χ3v) is 9.35. The molecule has 5 rings (SSSR count). The molecule has 3 heterocycles. The molecule has 10 heteroatoms. The number of rotatable bonds is 10. The van der Waals surface area contributed by atoms with Crippen molar-refractivity contribution in [3.05, 3.63) is 82.4 Å². The van der Waals surface area contributed by atoms with Crippen LogP contribution in [0.5, 0.6) is 0 Å². The van der Waals surface area contributed by atoms with Crippen LogP contribution in [0.2, 0.25) is 0 Å². The lowest BCUT2D eigenvalue weighted by atomic mass is 9.89. The third-order valence-electron chi connectivity index (χ3n) is 9.35. The van der Waals surface area contributed by atoms with Crippen LogP contribution in [0.4, 0.5) is 0 Å². The predicted octanol–water partition coefficient (Wildman–Crippen LogP) is 4.40. The zero-order valence-corrected chi connectivity index (χ0v) is 26.9. The summed E-state index contributed by atoms with van der Waals surface area (Å²) >= 11 is 0. The number of hydrogen-bond donors (Lipinski definition) is 2. The van der Waals surface area contributed by atoms with Crippen molar-refractivity contribution < 1.29 is 14.7 Å². The van der Waals surface area contributed by atoms with E-state index in [4.69, 9.17) is 0 Å². The summed E-state index contributed by atoms with van der Waals surface area (Å²) in [5.74, 6) is 0.209. The second-order valence-electron chi connectivity index (χ2n) is 13.1. The topological polar surface area (TPSA) is 122 Å². The molecule has 1 atom stereocenters. The van der Waals surface area contributed by atoms with Crippen molar-refractivity contribution in [2.75, 3.05) is 13.1 Å². The summed E-state index contributed by atoms with van der Waals surface area (Å²) in [4.78, 5) is 45.4. The zero-order chi connectivity index (χ0) is 32.4. The molecule has 0 bridgehead atoms. The molecule has 238 valence electrons. The highest BCUT2D eigenvalue weighted by Crippen LogP contribution is 2.28. The number of amides is 2. The molecule has 2 aromatic heterocycles. The molecule has 10 nitrogen and oxygen atoms in total. The highest BCUT2D eigenvalue weighted by Gasteiger charge is 2.35. The number of nitrogens with one attached hydrogen (secondary N) is 1. The van der Waals surface area contributed by atoms with Gasteiger partial charge in [-0.3, -0.25) is 23.6 Å². The first-order valence-electron chi connectivity index (χ1n) is 15.8. The Morgan fingerprint density at radius 2 is 1.71 bits per heavy atom. The van der Waals surface area contributed by atoms with E-state index < -0.39 is 11.0 Å². The summed E-state index contributed by atoms with van der Waals surface area (Å²) < 4.78 is 3.08. The van der Waals surface area contributed by atoms with Gasteiger partial charge in [-0.2, -0.15) is 5.10 Å². The molecule has 1 saturated heterocycles. The van der Waals surface area contributed by atoms with Crippen LogP contribution >= 0.6 is 0 Å². The summed E-state index contributed by atoms with van der Waals surface area (Å²) in [5.41, 5.74) is 2.53. The minimum absolute atomic E-state index is 0.0179. The largest absolute Gasteiger partial charge is 0.388 e. The van der Waals surface area contributed by atoms with Gasteiger partial charge in [-0.15, -0.1) is 0 Å². The number of hydrogen-bond acceptors (Lipinski definition) is 6. The van der Waals surface area contributed by atoms with E-state index in [9.17, 15) is 19.5 Å². The molecule has 1 aliphatic rings. The molecule has 4 aromatic rings. The summed E-state index contributed by atoms with van der Waals surface area (Å²) in [6.45, 7) is 9.30. The van der Waals surface area contributed by atoms with Gasteiger partial charge in [0.2, 0.25) is 11.8 Å². The van der Waals surface area contributed by atoms with Gasteiger partial charge in [-0.05, 0) is 36.3 Å². The Labute approximate surface area is 264 Å². The summed E-state index contributed by atoms with van der Waals surface area (Å²) in [6, 6.07) is 17.8. The van der Waals surface area contributed by atoms with Gasteiger partial charge in [0.05, 0.1) is 24.2 Å². The lowest BCUT2D eigenvalue weighted by molar-refractivity contribution is -0.136. The average molecular weight is 613 g/mol. The van der Waals surface area contributed by atoms with Crippen molar-refractivity contribution in [3.8, 4) is 11.3 Å². The van der Waals surface area contributed by atoms with E-state index in [1.165, 1.54) is 10.9 Å². The number of aliphatic hydroxyl groups is 1. The molecular formula is C35H44N6O4. The maximum Gasteiger partial charge on any atom is 0.281 e. The monoisotopic (exact) mass is 612 g/mol. The fraction of sp³-hybridized carbons (Fsp3) is 0.457. The molecule has 45 heavy (non-hydrogen) atoms. The molecule has 1 unspecified atom stereocenters. The van der Waals surface area contributed by atoms with Crippen LogP contribution < -0.4 is 10.9 Å². The van der Waals surface area contributed by atoms with Crippen molar-refractivity contribution in [2.45, 2.75) is 78.0 Å². The molecule has 2 N–H and O–H groups in total. The minimum atomic E-state index is -1.13. The van der Waals surface area contributed by atoms with Crippen LogP contribution in [0, 0.1) is 5.41 Å². The summed E-state index contributed by atoms with van der Waals surface area (Å²) in [5, 5.41) is 18.9. The van der Waals surface area contributed by atoms with E-state index >= 15 is 0 Å².